The van der Waals surface area contributed by atoms with Crippen LogP contribution in [0.1, 0.15) is 19.3 Å². The highest BCUT2D eigenvalue weighted by Gasteiger charge is 2.62. The number of aliphatic hydroxyl groups excluding tert-OH is 1. The van der Waals surface area contributed by atoms with Gasteiger partial charge in [0.1, 0.15) is 6.10 Å². The third kappa shape index (κ3) is 3.23. The van der Waals surface area contributed by atoms with E-state index in [2.05, 4.69) is 0 Å². The molecule has 0 bridgehead atoms. The van der Waals surface area contributed by atoms with E-state index in [0.29, 0.717) is 12.8 Å². The van der Waals surface area contributed by atoms with Gasteiger partial charge in [-0.1, -0.05) is 0 Å². The van der Waals surface area contributed by atoms with E-state index in [1.165, 1.54) is 0 Å². The van der Waals surface area contributed by atoms with Gasteiger partial charge in [-0.15, -0.1) is 0 Å². The van der Waals surface area contributed by atoms with E-state index in [1.807, 2.05) is 0 Å². The zero-order valence-electron chi connectivity index (χ0n) is 8.44. The summed E-state index contributed by atoms with van der Waals surface area (Å²) in [6.45, 7) is 0. The lowest BCUT2D eigenvalue weighted by molar-refractivity contribution is -0.314. The summed E-state index contributed by atoms with van der Waals surface area (Å²) >= 11 is 1.65. The van der Waals surface area contributed by atoms with Gasteiger partial charge in [-0.05, 0) is 36.7 Å². The predicted octanol–water partition coefficient (Wildman–Crippen LogP) is 3.08. The Morgan fingerprint density at radius 1 is 1.12 bits per heavy atom. The average Bonchev–Trinajstić information content (AvgIpc) is 2.17. The lowest BCUT2D eigenvalue weighted by Crippen LogP contribution is -2.47. The van der Waals surface area contributed by atoms with Crippen LogP contribution in [0.15, 0.2) is 0 Å². The average molecular weight is 264 g/mol. The summed E-state index contributed by atoms with van der Waals surface area (Å²) < 4.78 is 61.2. The quantitative estimate of drug-likeness (QED) is 0.790. The molecule has 0 aliphatic carbocycles. The molecular formula is C9H13F5OS. The minimum Gasteiger partial charge on any atom is -0.386 e. The van der Waals surface area contributed by atoms with Crippen LogP contribution in [0.4, 0.5) is 22.0 Å². The van der Waals surface area contributed by atoms with Crippen molar-refractivity contribution in [3.05, 3.63) is 0 Å². The Morgan fingerprint density at radius 3 is 2.06 bits per heavy atom. The molecule has 7 heteroatoms. The Kier molecular flexibility index (Phi) is 4.45. The Morgan fingerprint density at radius 2 is 1.62 bits per heavy atom. The second kappa shape index (κ2) is 5.08. The van der Waals surface area contributed by atoms with Crippen molar-refractivity contribution in [1.82, 2.24) is 0 Å². The molecule has 0 saturated carbocycles. The van der Waals surface area contributed by atoms with Gasteiger partial charge in [0.25, 0.3) is 0 Å². The molecule has 1 aliphatic heterocycles. The molecule has 0 amide bonds. The molecule has 1 fully saturated rings. The molecule has 1 aliphatic rings. The van der Waals surface area contributed by atoms with Gasteiger partial charge in [-0.25, -0.2) is 0 Å². The molecule has 1 heterocycles. The van der Waals surface area contributed by atoms with Crippen LogP contribution in [0.25, 0.3) is 0 Å². The first kappa shape index (κ1) is 14.0. The number of alkyl halides is 5. The molecule has 1 unspecified atom stereocenters. The second-order valence-electron chi connectivity index (χ2n) is 3.93. The Balaban J connectivity index is 2.53. The van der Waals surface area contributed by atoms with Crippen molar-refractivity contribution in [2.24, 2.45) is 5.92 Å². The van der Waals surface area contributed by atoms with Gasteiger partial charge >= 0.3 is 12.1 Å². The molecule has 0 aromatic carbocycles. The maximum Gasteiger partial charge on any atom is 0.456 e. The van der Waals surface area contributed by atoms with Crippen LogP contribution in [-0.4, -0.2) is 34.8 Å². The van der Waals surface area contributed by atoms with Crippen LogP contribution in [0.5, 0.6) is 0 Å². The van der Waals surface area contributed by atoms with Crippen molar-refractivity contribution in [2.45, 2.75) is 37.5 Å². The minimum absolute atomic E-state index is 0.232. The summed E-state index contributed by atoms with van der Waals surface area (Å²) in [6.07, 6.45) is -7.59. The fourth-order valence-electron chi connectivity index (χ4n) is 1.63. The van der Waals surface area contributed by atoms with Crippen LogP contribution in [0.2, 0.25) is 0 Å². The van der Waals surface area contributed by atoms with E-state index in [0.717, 1.165) is 11.5 Å². The normalized spacial score (nSPS) is 22.1. The molecule has 96 valence electrons. The van der Waals surface area contributed by atoms with Gasteiger partial charge in [-0.2, -0.15) is 33.7 Å². The summed E-state index contributed by atoms with van der Waals surface area (Å²) in [6, 6.07) is 0. The van der Waals surface area contributed by atoms with Gasteiger partial charge in [-0.3, -0.25) is 0 Å². The lowest BCUT2D eigenvalue weighted by atomic mass is 9.93. The monoisotopic (exact) mass is 264 g/mol. The number of thioether (sulfide) groups is 1. The van der Waals surface area contributed by atoms with Gasteiger partial charge in [0, 0.05) is 0 Å². The largest absolute Gasteiger partial charge is 0.456 e. The van der Waals surface area contributed by atoms with Gasteiger partial charge in [0.15, 0.2) is 0 Å². The highest BCUT2D eigenvalue weighted by Crippen LogP contribution is 2.41. The van der Waals surface area contributed by atoms with E-state index in [4.69, 9.17) is 5.11 Å². The highest BCUT2D eigenvalue weighted by atomic mass is 32.2. The molecule has 0 radical (unpaired) electrons. The molecule has 1 nitrogen and oxygen atoms in total. The Bertz CT molecular complexity index is 224. The summed E-state index contributed by atoms with van der Waals surface area (Å²) in [5.41, 5.74) is 0. The van der Waals surface area contributed by atoms with E-state index in [-0.39, 0.29) is 5.92 Å². The number of hydrogen-bond acceptors (Lipinski definition) is 2. The first-order valence-corrected chi connectivity index (χ1v) is 6.11. The number of rotatable bonds is 3. The SMILES string of the molecule is OC(CC1CCSCC1)C(F)(F)C(F)(F)F. The van der Waals surface area contributed by atoms with Gasteiger partial charge < -0.3 is 5.11 Å². The molecule has 0 aromatic heterocycles. The third-order valence-electron chi connectivity index (χ3n) is 2.69. The van der Waals surface area contributed by atoms with Crippen LogP contribution < -0.4 is 0 Å². The topological polar surface area (TPSA) is 20.2 Å². The van der Waals surface area contributed by atoms with Gasteiger partial charge in [0.05, 0.1) is 0 Å². The van der Waals surface area contributed by atoms with Crippen LogP contribution >= 0.6 is 11.8 Å². The predicted molar refractivity (Wildman–Crippen MR) is 51.7 cm³/mol. The molecule has 1 rings (SSSR count). The third-order valence-corrected chi connectivity index (χ3v) is 3.74. The maximum atomic E-state index is 12.7. The van der Waals surface area contributed by atoms with E-state index >= 15 is 0 Å². The smallest absolute Gasteiger partial charge is 0.386 e. The minimum atomic E-state index is -5.67. The van der Waals surface area contributed by atoms with Gasteiger partial charge in [0.2, 0.25) is 0 Å². The van der Waals surface area contributed by atoms with Crippen molar-refractivity contribution in [1.29, 1.82) is 0 Å². The van der Waals surface area contributed by atoms with Crippen molar-refractivity contribution < 1.29 is 27.1 Å². The summed E-state index contributed by atoms with van der Waals surface area (Å²) in [5, 5.41) is 8.99. The van der Waals surface area contributed by atoms with Crippen molar-refractivity contribution in [2.75, 3.05) is 11.5 Å². The zero-order chi connectivity index (χ0) is 12.4. The summed E-state index contributed by atoms with van der Waals surface area (Å²) in [4.78, 5) is 0. The molecular weight excluding hydrogens is 251 g/mol. The molecule has 1 saturated heterocycles. The fourth-order valence-corrected chi connectivity index (χ4v) is 2.84. The Hall–Kier alpha value is -0.0400. The van der Waals surface area contributed by atoms with Crippen LogP contribution in [0.3, 0.4) is 0 Å². The zero-order valence-corrected chi connectivity index (χ0v) is 9.25. The second-order valence-corrected chi connectivity index (χ2v) is 5.15. The van der Waals surface area contributed by atoms with Crippen molar-refractivity contribution in [3.63, 3.8) is 0 Å². The Labute approximate surface area is 94.4 Å². The standard InChI is InChI=1S/C9H13F5OS/c10-8(11,9(12,13)14)7(15)5-6-1-3-16-4-2-6/h6-7,15H,1-5H2. The van der Waals surface area contributed by atoms with Crippen molar-refractivity contribution >= 4 is 11.8 Å². The first-order valence-electron chi connectivity index (χ1n) is 4.95. The molecule has 1 N–H and O–H groups in total. The number of hydrogen-bond donors (Lipinski definition) is 1. The molecule has 0 spiro atoms. The summed E-state index contributed by atoms with van der Waals surface area (Å²) in [7, 11) is 0. The highest BCUT2D eigenvalue weighted by molar-refractivity contribution is 7.99. The number of halogens is 5. The van der Waals surface area contributed by atoms with Crippen LogP contribution in [-0.2, 0) is 0 Å². The summed E-state index contributed by atoms with van der Waals surface area (Å²) in [5.74, 6) is -3.72. The van der Waals surface area contributed by atoms with E-state index in [1.54, 1.807) is 11.8 Å². The maximum absolute atomic E-state index is 12.7. The van der Waals surface area contributed by atoms with Crippen LogP contribution in [0, 0.1) is 5.92 Å². The first-order chi connectivity index (χ1) is 7.25. The molecule has 0 aromatic rings. The fraction of sp³-hybridized carbons (Fsp3) is 1.00. The van der Waals surface area contributed by atoms with E-state index in [9.17, 15) is 22.0 Å². The molecule has 16 heavy (non-hydrogen) atoms. The lowest BCUT2D eigenvalue weighted by Gasteiger charge is -2.29. The molecule has 1 atom stereocenters. The van der Waals surface area contributed by atoms with Crippen molar-refractivity contribution in [3.8, 4) is 0 Å². The number of aliphatic hydroxyl groups is 1. The van der Waals surface area contributed by atoms with E-state index < -0.39 is 24.6 Å².